The minimum absolute atomic E-state index is 0.421. The topological polar surface area (TPSA) is 54.5 Å². The molecule has 0 aliphatic rings. The van der Waals surface area contributed by atoms with Gasteiger partial charge in [-0.25, -0.2) is 4.98 Å². The molecule has 0 amide bonds. The number of hydrogen-bond donors (Lipinski definition) is 1. The molecule has 0 aliphatic heterocycles. The van der Waals surface area contributed by atoms with Crippen LogP contribution >= 0.6 is 23.2 Å². The van der Waals surface area contributed by atoms with Crippen LogP contribution in [0.3, 0.4) is 0 Å². The standard InChI is InChI=1S/C14H14Cl2N4/c1-9(11-8-10(15)6-7-12(11)17)19-20(2)14-5-3-4-13(16)18-14/h3-8H,17H2,1-2H3/b19-9+. The molecule has 0 fully saturated rings. The molecule has 4 nitrogen and oxygen atoms in total. The van der Waals surface area contributed by atoms with E-state index in [9.17, 15) is 0 Å². The van der Waals surface area contributed by atoms with Crippen LogP contribution in [0.5, 0.6) is 0 Å². The number of halogens is 2. The van der Waals surface area contributed by atoms with Gasteiger partial charge in [-0.05, 0) is 37.3 Å². The Morgan fingerprint density at radius 3 is 2.70 bits per heavy atom. The molecule has 1 aromatic heterocycles. The quantitative estimate of drug-likeness (QED) is 0.406. The first-order valence-corrected chi connectivity index (χ1v) is 6.70. The maximum absolute atomic E-state index is 5.98. The van der Waals surface area contributed by atoms with Gasteiger partial charge in [-0.15, -0.1) is 0 Å². The third-order valence-electron chi connectivity index (χ3n) is 2.74. The van der Waals surface area contributed by atoms with Crippen molar-refractivity contribution in [3.05, 3.63) is 52.1 Å². The van der Waals surface area contributed by atoms with Crippen LogP contribution in [0.1, 0.15) is 12.5 Å². The van der Waals surface area contributed by atoms with Crippen molar-refractivity contribution in [2.75, 3.05) is 17.8 Å². The molecule has 0 radical (unpaired) electrons. The maximum atomic E-state index is 5.98. The summed E-state index contributed by atoms with van der Waals surface area (Å²) in [6.45, 7) is 1.86. The molecule has 0 saturated carbocycles. The number of benzene rings is 1. The molecule has 1 aromatic carbocycles. The number of nitrogen functional groups attached to an aromatic ring is 1. The molecule has 0 bridgehead atoms. The fourth-order valence-corrected chi connectivity index (χ4v) is 2.08. The van der Waals surface area contributed by atoms with Crippen LogP contribution in [-0.4, -0.2) is 17.7 Å². The van der Waals surface area contributed by atoms with Crippen LogP contribution in [0.25, 0.3) is 0 Å². The zero-order chi connectivity index (χ0) is 14.7. The summed E-state index contributed by atoms with van der Waals surface area (Å²) in [6, 6.07) is 10.6. The van der Waals surface area contributed by atoms with Crippen LogP contribution in [0.15, 0.2) is 41.5 Å². The minimum Gasteiger partial charge on any atom is -0.398 e. The summed E-state index contributed by atoms with van der Waals surface area (Å²) in [5.74, 6) is 0.650. The molecule has 2 N–H and O–H groups in total. The predicted octanol–water partition coefficient (Wildman–Crippen LogP) is 3.83. The van der Waals surface area contributed by atoms with E-state index in [0.717, 1.165) is 11.3 Å². The Balaban J connectivity index is 2.32. The number of nitrogens with two attached hydrogens (primary N) is 1. The van der Waals surface area contributed by atoms with E-state index in [4.69, 9.17) is 28.9 Å². The molecule has 2 aromatic rings. The van der Waals surface area contributed by atoms with Gasteiger partial charge < -0.3 is 5.73 Å². The maximum Gasteiger partial charge on any atom is 0.150 e. The summed E-state index contributed by atoms with van der Waals surface area (Å²) in [5, 5.41) is 7.13. The minimum atomic E-state index is 0.421. The third kappa shape index (κ3) is 3.40. The first kappa shape index (κ1) is 14.6. The second kappa shape index (κ2) is 6.11. The number of nitrogens with zero attached hydrogens (tertiary/aromatic N) is 3. The van der Waals surface area contributed by atoms with E-state index in [1.165, 1.54) is 0 Å². The Hall–Kier alpha value is -1.78. The largest absolute Gasteiger partial charge is 0.398 e. The second-order valence-electron chi connectivity index (χ2n) is 4.26. The highest BCUT2D eigenvalue weighted by atomic mass is 35.5. The molecule has 6 heteroatoms. The van der Waals surface area contributed by atoms with Crippen molar-refractivity contribution in [2.24, 2.45) is 5.10 Å². The molecule has 0 saturated heterocycles. The van der Waals surface area contributed by atoms with E-state index >= 15 is 0 Å². The monoisotopic (exact) mass is 308 g/mol. The SMILES string of the molecule is C/C(=N\N(C)c1cccc(Cl)n1)c1cc(Cl)ccc1N. The summed E-state index contributed by atoms with van der Waals surface area (Å²) in [5.41, 5.74) is 8.10. The number of rotatable bonds is 3. The predicted molar refractivity (Wildman–Crippen MR) is 85.7 cm³/mol. The van der Waals surface area contributed by atoms with Crippen molar-refractivity contribution >= 4 is 40.4 Å². The highest BCUT2D eigenvalue weighted by Crippen LogP contribution is 2.20. The molecule has 104 valence electrons. The van der Waals surface area contributed by atoms with Crippen molar-refractivity contribution in [3.8, 4) is 0 Å². The van der Waals surface area contributed by atoms with Crippen molar-refractivity contribution in [1.82, 2.24) is 4.98 Å². The van der Waals surface area contributed by atoms with Gasteiger partial charge in [0.2, 0.25) is 0 Å². The van der Waals surface area contributed by atoms with E-state index in [0.29, 0.717) is 21.7 Å². The molecule has 2 rings (SSSR count). The van der Waals surface area contributed by atoms with Gasteiger partial charge in [0.25, 0.3) is 0 Å². The average Bonchev–Trinajstić information content (AvgIpc) is 2.41. The number of aromatic nitrogens is 1. The van der Waals surface area contributed by atoms with Crippen molar-refractivity contribution in [2.45, 2.75) is 6.92 Å². The van der Waals surface area contributed by atoms with Gasteiger partial charge in [0.05, 0.1) is 5.71 Å². The van der Waals surface area contributed by atoms with E-state index in [2.05, 4.69) is 10.1 Å². The zero-order valence-corrected chi connectivity index (χ0v) is 12.7. The average molecular weight is 309 g/mol. The highest BCUT2D eigenvalue weighted by molar-refractivity contribution is 6.31. The van der Waals surface area contributed by atoms with Crippen LogP contribution in [0.2, 0.25) is 10.2 Å². The second-order valence-corrected chi connectivity index (χ2v) is 5.08. The van der Waals surface area contributed by atoms with Gasteiger partial charge in [-0.3, -0.25) is 5.01 Å². The van der Waals surface area contributed by atoms with Crippen LogP contribution < -0.4 is 10.7 Å². The zero-order valence-electron chi connectivity index (χ0n) is 11.1. The summed E-state index contributed by atoms with van der Waals surface area (Å²) in [4.78, 5) is 4.19. The van der Waals surface area contributed by atoms with Crippen molar-refractivity contribution < 1.29 is 0 Å². The molecule has 0 unspecified atom stereocenters. The van der Waals surface area contributed by atoms with Crippen molar-refractivity contribution in [1.29, 1.82) is 0 Å². The lowest BCUT2D eigenvalue weighted by Gasteiger charge is -2.14. The van der Waals surface area contributed by atoms with Crippen molar-refractivity contribution in [3.63, 3.8) is 0 Å². The molecular formula is C14H14Cl2N4. The van der Waals surface area contributed by atoms with E-state index < -0.39 is 0 Å². The van der Waals surface area contributed by atoms with Gasteiger partial charge in [-0.2, -0.15) is 5.10 Å². The Kier molecular flexibility index (Phi) is 4.47. The molecule has 0 aliphatic carbocycles. The summed E-state index contributed by atoms with van der Waals surface area (Å²) < 4.78 is 0. The highest BCUT2D eigenvalue weighted by Gasteiger charge is 2.07. The van der Waals surface area contributed by atoms with Gasteiger partial charge in [-0.1, -0.05) is 29.3 Å². The Morgan fingerprint density at radius 2 is 2.00 bits per heavy atom. The number of pyridine rings is 1. The Bertz CT molecular complexity index is 655. The Morgan fingerprint density at radius 1 is 1.25 bits per heavy atom. The summed E-state index contributed by atoms with van der Waals surface area (Å²) in [6.07, 6.45) is 0. The lowest BCUT2D eigenvalue weighted by molar-refractivity contribution is 0.975. The van der Waals surface area contributed by atoms with Gasteiger partial charge >= 0.3 is 0 Å². The lowest BCUT2D eigenvalue weighted by atomic mass is 10.1. The molecule has 20 heavy (non-hydrogen) atoms. The molecule has 0 atom stereocenters. The van der Waals surface area contributed by atoms with E-state index in [1.54, 1.807) is 36.3 Å². The number of hydrogen-bond acceptors (Lipinski definition) is 4. The fraction of sp³-hybridized carbons (Fsp3) is 0.143. The van der Waals surface area contributed by atoms with Gasteiger partial charge in [0, 0.05) is 23.3 Å². The fourth-order valence-electron chi connectivity index (χ4n) is 1.75. The van der Waals surface area contributed by atoms with Gasteiger partial charge in [0.15, 0.2) is 0 Å². The Labute approximate surface area is 127 Å². The van der Waals surface area contributed by atoms with Crippen LogP contribution in [0, 0.1) is 0 Å². The first-order valence-electron chi connectivity index (χ1n) is 5.94. The van der Waals surface area contributed by atoms with E-state index in [-0.39, 0.29) is 0 Å². The van der Waals surface area contributed by atoms with Crippen LogP contribution in [0.4, 0.5) is 11.5 Å². The summed E-state index contributed by atoms with van der Waals surface area (Å²) >= 11 is 11.8. The molecule has 1 heterocycles. The normalized spacial score (nSPS) is 11.5. The number of hydrazone groups is 1. The first-order chi connectivity index (χ1) is 9.47. The number of anilines is 2. The van der Waals surface area contributed by atoms with Crippen LogP contribution in [-0.2, 0) is 0 Å². The molecular weight excluding hydrogens is 295 g/mol. The van der Waals surface area contributed by atoms with E-state index in [1.807, 2.05) is 19.1 Å². The summed E-state index contributed by atoms with van der Waals surface area (Å²) in [7, 11) is 1.79. The molecule has 0 spiro atoms. The smallest absolute Gasteiger partial charge is 0.150 e. The van der Waals surface area contributed by atoms with Gasteiger partial charge in [0.1, 0.15) is 11.0 Å². The third-order valence-corrected chi connectivity index (χ3v) is 3.18. The lowest BCUT2D eigenvalue weighted by Crippen LogP contribution is -2.14.